The van der Waals surface area contributed by atoms with Crippen molar-refractivity contribution >= 4 is 21.8 Å². The molecule has 0 aliphatic carbocycles. The van der Waals surface area contributed by atoms with Gasteiger partial charge in [0, 0.05) is 29.7 Å². The molecule has 1 atom stereocenters. The van der Waals surface area contributed by atoms with E-state index in [0.717, 1.165) is 36.0 Å². The van der Waals surface area contributed by atoms with Gasteiger partial charge in [0.05, 0.1) is 0 Å². The zero-order valence-electron chi connectivity index (χ0n) is 9.95. The molecule has 1 aliphatic rings. The number of hydrogen-bond acceptors (Lipinski definition) is 2. The smallest absolute Gasteiger partial charge is 0.253 e. The second-order valence-corrected chi connectivity index (χ2v) is 5.34. The zero-order chi connectivity index (χ0) is 12.3. The maximum absolute atomic E-state index is 12.3. The first-order chi connectivity index (χ1) is 8.18. The number of nitrogens with zero attached hydrogens (tertiary/aromatic N) is 1. The van der Waals surface area contributed by atoms with Crippen LogP contribution < -0.4 is 5.32 Å². The van der Waals surface area contributed by atoms with Gasteiger partial charge in [0.25, 0.3) is 5.91 Å². The molecule has 0 unspecified atom stereocenters. The fourth-order valence-corrected chi connectivity index (χ4v) is 2.55. The van der Waals surface area contributed by atoms with Gasteiger partial charge in [-0.25, -0.2) is 0 Å². The fraction of sp³-hybridized carbons (Fsp3) is 0.462. The van der Waals surface area contributed by atoms with Crippen molar-refractivity contribution in [2.24, 2.45) is 0 Å². The predicted octanol–water partition coefficient (Wildman–Crippen LogP) is 2.27. The Labute approximate surface area is 110 Å². The molecule has 3 nitrogen and oxygen atoms in total. The van der Waals surface area contributed by atoms with Crippen LogP contribution in [0, 0.1) is 0 Å². The number of nitrogens with one attached hydrogen (secondary N) is 1. The van der Waals surface area contributed by atoms with E-state index in [4.69, 9.17) is 0 Å². The molecule has 1 heterocycles. The molecular weight excluding hydrogens is 280 g/mol. The number of carbonyl (C=O) groups is 1. The number of carbonyl (C=O) groups excluding carboxylic acids is 1. The monoisotopic (exact) mass is 296 g/mol. The molecule has 1 fully saturated rings. The first kappa shape index (κ1) is 12.6. The van der Waals surface area contributed by atoms with E-state index < -0.39 is 0 Å². The summed E-state index contributed by atoms with van der Waals surface area (Å²) < 4.78 is 0.943. The van der Waals surface area contributed by atoms with E-state index in [1.54, 1.807) is 0 Å². The van der Waals surface area contributed by atoms with Crippen molar-refractivity contribution in [2.45, 2.75) is 18.9 Å². The molecule has 0 aromatic heterocycles. The van der Waals surface area contributed by atoms with Gasteiger partial charge in [0.15, 0.2) is 0 Å². The van der Waals surface area contributed by atoms with Crippen molar-refractivity contribution in [3.8, 4) is 0 Å². The number of halogens is 1. The Kier molecular flexibility index (Phi) is 4.18. The second kappa shape index (κ2) is 5.65. The standard InChI is InChI=1S/C13H17BrN2O/c1-16(12-6-3-7-15-9-12)13(17)10-4-2-5-11(14)8-10/h2,4-5,8,12,15H,3,6-7,9H2,1H3/t12-/m0/s1. The van der Waals surface area contributed by atoms with Crippen molar-refractivity contribution in [1.29, 1.82) is 0 Å². The average Bonchev–Trinajstić information content (AvgIpc) is 2.38. The number of piperidine rings is 1. The molecule has 1 saturated heterocycles. The highest BCUT2D eigenvalue weighted by atomic mass is 79.9. The van der Waals surface area contributed by atoms with Crippen LogP contribution in [0.5, 0.6) is 0 Å². The Balaban J connectivity index is 2.08. The van der Waals surface area contributed by atoms with Gasteiger partial charge < -0.3 is 10.2 Å². The van der Waals surface area contributed by atoms with Crippen LogP contribution in [0.4, 0.5) is 0 Å². The molecule has 1 amide bonds. The lowest BCUT2D eigenvalue weighted by Crippen LogP contribution is -2.46. The van der Waals surface area contributed by atoms with Gasteiger partial charge in [-0.3, -0.25) is 4.79 Å². The van der Waals surface area contributed by atoms with Crippen molar-refractivity contribution in [3.63, 3.8) is 0 Å². The minimum atomic E-state index is 0.0972. The van der Waals surface area contributed by atoms with Crippen molar-refractivity contribution in [2.75, 3.05) is 20.1 Å². The Bertz CT molecular complexity index is 402. The number of amides is 1. The molecule has 0 bridgehead atoms. The molecule has 17 heavy (non-hydrogen) atoms. The quantitative estimate of drug-likeness (QED) is 0.908. The summed E-state index contributed by atoms with van der Waals surface area (Å²) in [6, 6.07) is 7.87. The van der Waals surface area contributed by atoms with Crippen molar-refractivity contribution < 1.29 is 4.79 Å². The summed E-state index contributed by atoms with van der Waals surface area (Å²) in [4.78, 5) is 14.1. The van der Waals surface area contributed by atoms with Crippen LogP contribution in [0.25, 0.3) is 0 Å². The van der Waals surface area contributed by atoms with E-state index in [0.29, 0.717) is 6.04 Å². The highest BCUT2D eigenvalue weighted by Crippen LogP contribution is 2.16. The maximum Gasteiger partial charge on any atom is 0.253 e. The number of rotatable bonds is 2. The molecular formula is C13H17BrN2O. The first-order valence-electron chi connectivity index (χ1n) is 5.92. The Morgan fingerprint density at radius 3 is 3.00 bits per heavy atom. The fourth-order valence-electron chi connectivity index (χ4n) is 2.15. The van der Waals surface area contributed by atoms with Crippen LogP contribution in [0.3, 0.4) is 0 Å². The van der Waals surface area contributed by atoms with Gasteiger partial charge in [-0.2, -0.15) is 0 Å². The molecule has 2 rings (SSSR count). The lowest BCUT2D eigenvalue weighted by molar-refractivity contribution is 0.0708. The Morgan fingerprint density at radius 2 is 2.35 bits per heavy atom. The highest BCUT2D eigenvalue weighted by Gasteiger charge is 2.22. The average molecular weight is 297 g/mol. The van der Waals surface area contributed by atoms with E-state index >= 15 is 0 Å². The molecule has 0 radical (unpaired) electrons. The minimum Gasteiger partial charge on any atom is -0.337 e. The summed E-state index contributed by atoms with van der Waals surface area (Å²) in [5.41, 5.74) is 0.743. The summed E-state index contributed by atoms with van der Waals surface area (Å²) in [5, 5.41) is 3.33. The first-order valence-corrected chi connectivity index (χ1v) is 6.71. The maximum atomic E-state index is 12.3. The number of benzene rings is 1. The van der Waals surface area contributed by atoms with Crippen LogP contribution in [-0.4, -0.2) is 37.0 Å². The van der Waals surface area contributed by atoms with Crippen LogP contribution >= 0.6 is 15.9 Å². The van der Waals surface area contributed by atoms with Crippen LogP contribution in [0.15, 0.2) is 28.7 Å². The normalized spacial score (nSPS) is 20.0. The third-order valence-electron chi connectivity index (χ3n) is 3.21. The molecule has 1 aromatic carbocycles. The second-order valence-electron chi connectivity index (χ2n) is 4.43. The van der Waals surface area contributed by atoms with E-state index in [9.17, 15) is 4.79 Å². The van der Waals surface area contributed by atoms with E-state index in [2.05, 4.69) is 21.2 Å². The lowest BCUT2D eigenvalue weighted by Gasteiger charge is -2.31. The lowest BCUT2D eigenvalue weighted by atomic mass is 10.1. The third-order valence-corrected chi connectivity index (χ3v) is 3.70. The van der Waals surface area contributed by atoms with Gasteiger partial charge in [0.2, 0.25) is 0 Å². The molecule has 4 heteroatoms. The van der Waals surface area contributed by atoms with Gasteiger partial charge in [-0.05, 0) is 37.6 Å². The molecule has 0 saturated carbocycles. The molecule has 92 valence electrons. The SMILES string of the molecule is CN(C(=O)c1cccc(Br)c1)[C@H]1CCCNC1. The summed E-state index contributed by atoms with van der Waals surface area (Å²) >= 11 is 3.39. The molecule has 1 aromatic rings. The molecule has 1 N–H and O–H groups in total. The highest BCUT2D eigenvalue weighted by molar-refractivity contribution is 9.10. The van der Waals surface area contributed by atoms with Gasteiger partial charge in [0.1, 0.15) is 0 Å². The largest absolute Gasteiger partial charge is 0.337 e. The summed E-state index contributed by atoms with van der Waals surface area (Å²) in [6.07, 6.45) is 2.23. The molecule has 0 spiro atoms. The van der Waals surface area contributed by atoms with Crippen LogP contribution in [0.2, 0.25) is 0 Å². The zero-order valence-corrected chi connectivity index (χ0v) is 11.5. The van der Waals surface area contributed by atoms with E-state index in [-0.39, 0.29) is 5.91 Å². The topological polar surface area (TPSA) is 32.3 Å². The Hall–Kier alpha value is -0.870. The van der Waals surface area contributed by atoms with Gasteiger partial charge in [-0.1, -0.05) is 22.0 Å². The van der Waals surface area contributed by atoms with Crippen LogP contribution in [0.1, 0.15) is 23.2 Å². The van der Waals surface area contributed by atoms with Gasteiger partial charge >= 0.3 is 0 Å². The third kappa shape index (κ3) is 3.07. The summed E-state index contributed by atoms with van der Waals surface area (Å²) in [5.74, 6) is 0.0972. The van der Waals surface area contributed by atoms with Crippen molar-refractivity contribution in [3.05, 3.63) is 34.3 Å². The van der Waals surface area contributed by atoms with E-state index in [1.807, 2.05) is 36.2 Å². The minimum absolute atomic E-state index is 0.0972. The van der Waals surface area contributed by atoms with Gasteiger partial charge in [-0.15, -0.1) is 0 Å². The number of hydrogen-bond donors (Lipinski definition) is 1. The molecule has 1 aliphatic heterocycles. The van der Waals surface area contributed by atoms with Crippen molar-refractivity contribution in [1.82, 2.24) is 10.2 Å². The summed E-state index contributed by atoms with van der Waals surface area (Å²) in [7, 11) is 1.89. The van der Waals surface area contributed by atoms with E-state index in [1.165, 1.54) is 0 Å². The Morgan fingerprint density at radius 1 is 1.53 bits per heavy atom. The summed E-state index contributed by atoms with van der Waals surface area (Å²) in [6.45, 7) is 1.96. The van der Waals surface area contributed by atoms with Crippen LogP contribution in [-0.2, 0) is 0 Å². The predicted molar refractivity (Wildman–Crippen MR) is 72.1 cm³/mol. The number of likely N-dealkylation sites (N-methyl/N-ethyl adjacent to an activating group) is 1.